The van der Waals surface area contributed by atoms with E-state index < -0.39 is 0 Å². The first-order valence-corrected chi connectivity index (χ1v) is 4.01. The van der Waals surface area contributed by atoms with Crippen molar-refractivity contribution in [3.8, 4) is 0 Å². The van der Waals surface area contributed by atoms with Gasteiger partial charge in [-0.1, -0.05) is 0 Å². The van der Waals surface area contributed by atoms with Gasteiger partial charge in [0.05, 0.1) is 19.3 Å². The average Bonchev–Trinajstić information content (AvgIpc) is 2.57. The number of hydrogen-bond acceptors (Lipinski definition) is 4. The average molecular weight is 168 g/mol. The molecule has 1 aromatic rings. The van der Waals surface area contributed by atoms with Crippen LogP contribution in [0, 0.1) is 0 Å². The lowest BCUT2D eigenvalue weighted by Gasteiger charge is -2.30. The number of rotatable bonds is 1. The quantitative estimate of drug-likeness (QED) is 0.631. The molecule has 5 heteroatoms. The third-order valence-electron chi connectivity index (χ3n) is 2.13. The summed E-state index contributed by atoms with van der Waals surface area (Å²) in [6.07, 6.45) is 1.60. The smallest absolute Gasteiger partial charge is 0.169 e. The van der Waals surface area contributed by atoms with Crippen LogP contribution in [0.3, 0.4) is 0 Å². The summed E-state index contributed by atoms with van der Waals surface area (Å²) in [7, 11) is 2.06. The second kappa shape index (κ2) is 3.20. The van der Waals surface area contributed by atoms with Gasteiger partial charge in [0.25, 0.3) is 0 Å². The van der Waals surface area contributed by atoms with Gasteiger partial charge in [0.2, 0.25) is 0 Å². The number of morpholine rings is 1. The topological polar surface area (TPSA) is 54.0 Å². The Labute approximate surface area is 70.7 Å². The molecule has 1 aliphatic heterocycles. The molecule has 12 heavy (non-hydrogen) atoms. The highest BCUT2D eigenvalue weighted by Crippen LogP contribution is 2.17. The van der Waals surface area contributed by atoms with Crippen LogP contribution >= 0.6 is 0 Å². The van der Waals surface area contributed by atoms with Crippen LogP contribution in [0.25, 0.3) is 0 Å². The van der Waals surface area contributed by atoms with Crippen molar-refractivity contribution in [3.05, 3.63) is 12.2 Å². The molecule has 0 radical (unpaired) electrons. The van der Waals surface area contributed by atoms with E-state index in [1.54, 1.807) is 6.33 Å². The lowest BCUT2D eigenvalue weighted by Crippen LogP contribution is -2.37. The van der Waals surface area contributed by atoms with E-state index in [2.05, 4.69) is 27.1 Å². The van der Waals surface area contributed by atoms with E-state index in [-0.39, 0.29) is 6.04 Å². The number of hydrogen-bond donors (Lipinski definition) is 1. The number of nitrogens with zero attached hydrogens (tertiary/aromatic N) is 3. The summed E-state index contributed by atoms with van der Waals surface area (Å²) in [5.74, 6) is 0.817. The van der Waals surface area contributed by atoms with E-state index in [1.165, 1.54) is 0 Å². The van der Waals surface area contributed by atoms with Gasteiger partial charge in [-0.05, 0) is 7.05 Å². The summed E-state index contributed by atoms with van der Waals surface area (Å²) >= 11 is 0. The molecule has 2 rings (SSSR count). The molecule has 66 valence electrons. The molecule has 0 amide bonds. The van der Waals surface area contributed by atoms with E-state index >= 15 is 0 Å². The number of H-pyrrole nitrogens is 1. The van der Waals surface area contributed by atoms with Crippen LogP contribution in [0.15, 0.2) is 6.33 Å². The highest BCUT2D eigenvalue weighted by Gasteiger charge is 2.23. The van der Waals surface area contributed by atoms with Gasteiger partial charge in [-0.3, -0.25) is 10.00 Å². The van der Waals surface area contributed by atoms with Crippen LogP contribution in [-0.2, 0) is 4.74 Å². The van der Waals surface area contributed by atoms with Crippen molar-refractivity contribution in [2.75, 3.05) is 26.8 Å². The number of aromatic nitrogens is 3. The van der Waals surface area contributed by atoms with Gasteiger partial charge in [0.1, 0.15) is 6.33 Å². The molecule has 1 unspecified atom stereocenters. The normalized spacial score (nSPS) is 25.9. The first-order valence-electron chi connectivity index (χ1n) is 4.01. The lowest BCUT2D eigenvalue weighted by molar-refractivity contribution is 0.00196. The predicted octanol–water partition coefficient (Wildman–Crippen LogP) is -0.192. The van der Waals surface area contributed by atoms with Crippen LogP contribution in [0.5, 0.6) is 0 Å². The largest absolute Gasteiger partial charge is 0.378 e. The fraction of sp³-hybridized carbons (Fsp3) is 0.714. The second-order valence-electron chi connectivity index (χ2n) is 2.93. The molecular formula is C7H12N4O. The molecule has 5 nitrogen and oxygen atoms in total. The van der Waals surface area contributed by atoms with E-state index in [1.807, 2.05) is 0 Å². The fourth-order valence-electron chi connectivity index (χ4n) is 1.34. The molecular weight excluding hydrogens is 156 g/mol. The Bertz CT molecular complexity index is 236. The fourth-order valence-corrected chi connectivity index (χ4v) is 1.34. The first kappa shape index (κ1) is 7.70. The zero-order chi connectivity index (χ0) is 8.39. The zero-order valence-electron chi connectivity index (χ0n) is 7.03. The van der Waals surface area contributed by atoms with E-state index in [9.17, 15) is 0 Å². The minimum atomic E-state index is 0.213. The Kier molecular flexibility index (Phi) is 2.05. The van der Waals surface area contributed by atoms with Crippen molar-refractivity contribution in [3.63, 3.8) is 0 Å². The van der Waals surface area contributed by atoms with Crippen molar-refractivity contribution in [1.29, 1.82) is 0 Å². The van der Waals surface area contributed by atoms with Crippen LogP contribution in [0.4, 0.5) is 0 Å². The van der Waals surface area contributed by atoms with Crippen molar-refractivity contribution < 1.29 is 4.74 Å². The summed E-state index contributed by atoms with van der Waals surface area (Å²) < 4.78 is 5.34. The van der Waals surface area contributed by atoms with Gasteiger partial charge in [0, 0.05) is 6.54 Å². The highest BCUT2D eigenvalue weighted by molar-refractivity contribution is 4.93. The monoisotopic (exact) mass is 168 g/mol. The molecule has 0 aliphatic carbocycles. The van der Waals surface area contributed by atoms with Gasteiger partial charge in [0.15, 0.2) is 5.82 Å². The third-order valence-corrected chi connectivity index (χ3v) is 2.13. The van der Waals surface area contributed by atoms with E-state index in [0.29, 0.717) is 6.61 Å². The number of ether oxygens (including phenoxy) is 1. The number of nitrogens with one attached hydrogen (secondary N) is 1. The molecule has 1 atom stereocenters. The van der Waals surface area contributed by atoms with E-state index in [0.717, 1.165) is 19.0 Å². The summed E-state index contributed by atoms with van der Waals surface area (Å²) in [6.45, 7) is 2.44. The first-order chi connectivity index (χ1) is 5.88. The van der Waals surface area contributed by atoms with Crippen LogP contribution in [0.1, 0.15) is 11.9 Å². The summed E-state index contributed by atoms with van der Waals surface area (Å²) in [6, 6.07) is 0.213. The van der Waals surface area contributed by atoms with Crippen molar-refractivity contribution in [1.82, 2.24) is 20.1 Å². The van der Waals surface area contributed by atoms with Crippen molar-refractivity contribution in [2.24, 2.45) is 0 Å². The van der Waals surface area contributed by atoms with Crippen LogP contribution in [0.2, 0.25) is 0 Å². The summed E-state index contributed by atoms with van der Waals surface area (Å²) in [5.41, 5.74) is 0. The molecule has 0 aromatic carbocycles. The maximum atomic E-state index is 5.34. The molecule has 0 saturated carbocycles. The van der Waals surface area contributed by atoms with Gasteiger partial charge in [-0.15, -0.1) is 0 Å². The maximum absolute atomic E-state index is 5.34. The Hall–Kier alpha value is -0.940. The Balaban J connectivity index is 2.11. The van der Waals surface area contributed by atoms with Gasteiger partial charge in [-0.2, -0.15) is 5.10 Å². The second-order valence-corrected chi connectivity index (χ2v) is 2.93. The number of aromatic amines is 1. The van der Waals surface area contributed by atoms with Crippen molar-refractivity contribution in [2.45, 2.75) is 6.04 Å². The molecule has 1 aromatic heterocycles. The van der Waals surface area contributed by atoms with Crippen molar-refractivity contribution >= 4 is 0 Å². The van der Waals surface area contributed by atoms with Gasteiger partial charge >= 0.3 is 0 Å². The SMILES string of the molecule is CN1CCOCC1c1nc[nH]n1. The van der Waals surface area contributed by atoms with Gasteiger partial charge in [-0.25, -0.2) is 4.98 Å². The number of likely N-dealkylation sites (N-methyl/N-ethyl adjacent to an activating group) is 1. The summed E-state index contributed by atoms with van der Waals surface area (Å²) in [5, 5.41) is 6.74. The molecule has 1 fully saturated rings. The Morgan fingerprint density at radius 2 is 2.67 bits per heavy atom. The standard InChI is InChI=1S/C7H12N4O/c1-11-2-3-12-4-6(11)7-8-5-9-10-7/h5-6H,2-4H2,1H3,(H,8,9,10). The van der Waals surface area contributed by atoms with Gasteiger partial charge < -0.3 is 4.74 Å². The maximum Gasteiger partial charge on any atom is 0.169 e. The predicted molar refractivity (Wildman–Crippen MR) is 42.6 cm³/mol. The Morgan fingerprint density at radius 3 is 3.33 bits per heavy atom. The van der Waals surface area contributed by atoms with Crippen LogP contribution in [-0.4, -0.2) is 46.9 Å². The van der Waals surface area contributed by atoms with E-state index in [4.69, 9.17) is 4.74 Å². The molecule has 1 saturated heterocycles. The molecule has 0 bridgehead atoms. The highest BCUT2D eigenvalue weighted by atomic mass is 16.5. The molecule has 1 N–H and O–H groups in total. The molecule has 1 aliphatic rings. The Morgan fingerprint density at radius 1 is 1.75 bits per heavy atom. The summed E-state index contributed by atoms with van der Waals surface area (Å²) in [4.78, 5) is 6.30. The minimum Gasteiger partial charge on any atom is -0.378 e. The zero-order valence-corrected chi connectivity index (χ0v) is 7.03. The van der Waals surface area contributed by atoms with Crippen LogP contribution < -0.4 is 0 Å². The third kappa shape index (κ3) is 1.33. The lowest BCUT2D eigenvalue weighted by atomic mass is 10.2. The molecule has 2 heterocycles. The molecule has 0 spiro atoms. The minimum absolute atomic E-state index is 0.213.